The number of rotatable bonds is 3. The minimum Gasteiger partial charge on any atom is -0.399 e. The average Bonchev–Trinajstić information content (AvgIpc) is 2.40. The lowest BCUT2D eigenvalue weighted by Gasteiger charge is -2.18. The van der Waals surface area contributed by atoms with Crippen molar-refractivity contribution in [3.05, 3.63) is 63.0 Å². The molecule has 0 spiro atoms. The molecular weight excluding hydrogens is 370 g/mol. The number of carbonyl (C=O) groups is 1. The zero-order valence-electron chi connectivity index (χ0n) is 10.9. The molecule has 0 aliphatic carbocycles. The fourth-order valence-corrected chi connectivity index (χ4v) is 2.55. The molecule has 0 bridgehead atoms. The Bertz CT molecular complexity index is 628. The summed E-state index contributed by atoms with van der Waals surface area (Å²) in [6.07, 6.45) is 0. The second kappa shape index (κ2) is 6.21. The molecule has 0 radical (unpaired) electrons. The van der Waals surface area contributed by atoms with Gasteiger partial charge in [-0.05, 0) is 58.5 Å². The summed E-state index contributed by atoms with van der Waals surface area (Å²) >= 11 is 1.97. The summed E-state index contributed by atoms with van der Waals surface area (Å²) < 4.78 is 13.7. The van der Waals surface area contributed by atoms with E-state index in [-0.39, 0.29) is 11.7 Å². The first-order chi connectivity index (χ1) is 9.47. The number of nitrogens with zero attached hydrogens (tertiary/aromatic N) is 1. The zero-order chi connectivity index (χ0) is 14.7. The molecule has 3 nitrogen and oxygen atoms in total. The summed E-state index contributed by atoms with van der Waals surface area (Å²) in [4.78, 5) is 13.9. The van der Waals surface area contributed by atoms with Gasteiger partial charge in [0.15, 0.2) is 0 Å². The highest BCUT2D eigenvalue weighted by Crippen LogP contribution is 2.17. The fourth-order valence-electron chi connectivity index (χ4n) is 1.84. The van der Waals surface area contributed by atoms with Crippen molar-refractivity contribution in [2.75, 3.05) is 12.8 Å². The molecule has 5 heteroatoms. The predicted molar refractivity (Wildman–Crippen MR) is 85.8 cm³/mol. The molecule has 0 unspecified atom stereocenters. The minimum atomic E-state index is -0.341. The number of hydrogen-bond donors (Lipinski definition) is 1. The van der Waals surface area contributed by atoms with Gasteiger partial charge in [-0.25, -0.2) is 4.39 Å². The Balaban J connectivity index is 2.14. The van der Waals surface area contributed by atoms with Crippen molar-refractivity contribution in [3.8, 4) is 0 Å². The lowest BCUT2D eigenvalue weighted by atomic mass is 10.1. The van der Waals surface area contributed by atoms with Crippen molar-refractivity contribution in [3.63, 3.8) is 0 Å². The Morgan fingerprint density at radius 1 is 1.25 bits per heavy atom. The maximum Gasteiger partial charge on any atom is 0.254 e. The van der Waals surface area contributed by atoms with Gasteiger partial charge in [0.2, 0.25) is 0 Å². The van der Waals surface area contributed by atoms with E-state index in [1.54, 1.807) is 24.1 Å². The molecule has 2 N–H and O–H groups in total. The van der Waals surface area contributed by atoms with Crippen molar-refractivity contribution in [1.82, 2.24) is 4.90 Å². The predicted octanol–water partition coefficient (Wildman–Crippen LogP) is 3.28. The van der Waals surface area contributed by atoms with Crippen LogP contribution in [0.2, 0.25) is 0 Å². The van der Waals surface area contributed by atoms with Gasteiger partial charge in [0.1, 0.15) is 5.82 Å². The number of nitrogen functional groups attached to an aromatic ring is 1. The third-order valence-electron chi connectivity index (χ3n) is 2.91. The van der Waals surface area contributed by atoms with Crippen molar-refractivity contribution >= 4 is 34.2 Å². The third-order valence-corrected chi connectivity index (χ3v) is 3.80. The van der Waals surface area contributed by atoms with Crippen molar-refractivity contribution in [1.29, 1.82) is 0 Å². The van der Waals surface area contributed by atoms with Crippen LogP contribution in [0.3, 0.4) is 0 Å². The van der Waals surface area contributed by atoms with E-state index in [1.807, 2.05) is 34.7 Å². The smallest absolute Gasteiger partial charge is 0.254 e. The average molecular weight is 384 g/mol. The standard InChI is InChI=1S/C15H14FIN2O/c1-19(9-10-2-5-12(18)6-3-10)15(20)13-7-4-11(16)8-14(13)17/h2-8H,9,18H2,1H3. The number of benzene rings is 2. The van der Waals surface area contributed by atoms with Crippen molar-refractivity contribution < 1.29 is 9.18 Å². The Hall–Kier alpha value is -1.63. The van der Waals surface area contributed by atoms with Crippen LogP contribution in [-0.2, 0) is 6.54 Å². The quantitative estimate of drug-likeness (QED) is 0.652. The van der Waals surface area contributed by atoms with Crippen LogP contribution in [0.5, 0.6) is 0 Å². The molecule has 20 heavy (non-hydrogen) atoms. The molecule has 2 aromatic carbocycles. The van der Waals surface area contributed by atoms with E-state index in [0.29, 0.717) is 21.4 Å². The van der Waals surface area contributed by atoms with E-state index in [2.05, 4.69) is 0 Å². The van der Waals surface area contributed by atoms with E-state index in [4.69, 9.17) is 5.73 Å². The molecule has 0 aromatic heterocycles. The maximum atomic E-state index is 13.1. The van der Waals surface area contributed by atoms with Crippen LogP contribution in [0, 0.1) is 9.39 Å². The molecule has 0 atom stereocenters. The van der Waals surface area contributed by atoms with Crippen molar-refractivity contribution in [2.45, 2.75) is 6.54 Å². The molecule has 0 saturated heterocycles. The third kappa shape index (κ3) is 3.47. The summed E-state index contributed by atoms with van der Waals surface area (Å²) in [7, 11) is 1.72. The minimum absolute atomic E-state index is 0.133. The lowest BCUT2D eigenvalue weighted by Crippen LogP contribution is -2.26. The number of hydrogen-bond acceptors (Lipinski definition) is 2. The number of carbonyl (C=O) groups excluding carboxylic acids is 1. The first kappa shape index (κ1) is 14.8. The highest BCUT2D eigenvalue weighted by atomic mass is 127. The van der Waals surface area contributed by atoms with Crippen LogP contribution in [0.15, 0.2) is 42.5 Å². The Kier molecular flexibility index (Phi) is 4.59. The first-order valence-electron chi connectivity index (χ1n) is 6.02. The van der Waals surface area contributed by atoms with E-state index in [1.165, 1.54) is 18.2 Å². The monoisotopic (exact) mass is 384 g/mol. The lowest BCUT2D eigenvalue weighted by molar-refractivity contribution is 0.0784. The fraction of sp³-hybridized carbons (Fsp3) is 0.133. The highest BCUT2D eigenvalue weighted by molar-refractivity contribution is 14.1. The molecule has 0 heterocycles. The van der Waals surface area contributed by atoms with Gasteiger partial charge in [-0.3, -0.25) is 4.79 Å². The molecule has 0 aliphatic rings. The second-order valence-electron chi connectivity index (χ2n) is 4.53. The van der Waals surface area contributed by atoms with Crippen LogP contribution < -0.4 is 5.73 Å². The molecule has 104 valence electrons. The molecule has 2 aromatic rings. The van der Waals surface area contributed by atoms with Crippen molar-refractivity contribution in [2.24, 2.45) is 0 Å². The molecule has 0 fully saturated rings. The van der Waals surface area contributed by atoms with Gasteiger partial charge in [0.25, 0.3) is 5.91 Å². The summed E-state index contributed by atoms with van der Waals surface area (Å²) in [6.45, 7) is 0.479. The topological polar surface area (TPSA) is 46.3 Å². The number of anilines is 1. The highest BCUT2D eigenvalue weighted by Gasteiger charge is 2.15. The van der Waals surface area contributed by atoms with E-state index < -0.39 is 0 Å². The summed E-state index contributed by atoms with van der Waals surface area (Å²) in [5.74, 6) is -0.474. The van der Waals surface area contributed by atoms with Gasteiger partial charge in [0.05, 0.1) is 5.56 Å². The Labute approximate surface area is 130 Å². The SMILES string of the molecule is CN(Cc1ccc(N)cc1)C(=O)c1ccc(F)cc1I. The zero-order valence-corrected chi connectivity index (χ0v) is 13.1. The van der Waals surface area contributed by atoms with E-state index in [9.17, 15) is 9.18 Å². The largest absolute Gasteiger partial charge is 0.399 e. The van der Waals surface area contributed by atoms with Crippen LogP contribution in [-0.4, -0.2) is 17.9 Å². The van der Waals surface area contributed by atoms with Crippen LogP contribution in [0.25, 0.3) is 0 Å². The summed E-state index contributed by atoms with van der Waals surface area (Å²) in [6, 6.07) is 11.5. The Morgan fingerprint density at radius 2 is 1.90 bits per heavy atom. The number of amides is 1. The number of nitrogens with two attached hydrogens (primary N) is 1. The molecule has 2 rings (SSSR count). The normalized spacial score (nSPS) is 10.3. The number of halogens is 2. The van der Waals surface area contributed by atoms with Gasteiger partial charge in [-0.2, -0.15) is 0 Å². The van der Waals surface area contributed by atoms with Gasteiger partial charge in [-0.1, -0.05) is 12.1 Å². The van der Waals surface area contributed by atoms with Crippen LogP contribution in [0.4, 0.5) is 10.1 Å². The van der Waals surface area contributed by atoms with Gasteiger partial charge in [0, 0.05) is 22.8 Å². The van der Waals surface area contributed by atoms with Gasteiger partial charge < -0.3 is 10.6 Å². The van der Waals surface area contributed by atoms with Gasteiger partial charge in [-0.15, -0.1) is 0 Å². The summed E-state index contributed by atoms with van der Waals surface area (Å²) in [5.41, 5.74) is 7.81. The molecule has 0 saturated carbocycles. The van der Waals surface area contributed by atoms with Crippen LogP contribution >= 0.6 is 22.6 Å². The van der Waals surface area contributed by atoms with E-state index in [0.717, 1.165) is 5.56 Å². The van der Waals surface area contributed by atoms with Crippen LogP contribution in [0.1, 0.15) is 15.9 Å². The molecular formula is C15H14FIN2O. The Morgan fingerprint density at radius 3 is 2.50 bits per heavy atom. The first-order valence-corrected chi connectivity index (χ1v) is 7.10. The summed E-state index contributed by atoms with van der Waals surface area (Å²) in [5, 5.41) is 0. The maximum absolute atomic E-state index is 13.1. The van der Waals surface area contributed by atoms with E-state index >= 15 is 0 Å². The molecule has 0 aliphatic heterocycles. The van der Waals surface area contributed by atoms with Gasteiger partial charge >= 0.3 is 0 Å². The second-order valence-corrected chi connectivity index (χ2v) is 5.69. The molecule has 1 amide bonds.